The van der Waals surface area contributed by atoms with Crippen molar-refractivity contribution in [3.8, 4) is 0 Å². The molecule has 0 aromatic rings. The molecule has 0 aromatic carbocycles. The first kappa shape index (κ1) is 13.1. The second kappa shape index (κ2) is 5.09. The monoisotopic (exact) mass is 238 g/mol. The molecule has 2 rings (SSSR count). The van der Waals surface area contributed by atoms with E-state index in [9.17, 15) is 9.90 Å². The van der Waals surface area contributed by atoms with E-state index in [1.54, 1.807) is 0 Å². The van der Waals surface area contributed by atoms with Crippen LogP contribution in [0.25, 0.3) is 0 Å². The van der Waals surface area contributed by atoms with Gasteiger partial charge in [-0.2, -0.15) is 0 Å². The summed E-state index contributed by atoms with van der Waals surface area (Å²) in [5.74, 6) is 1.90. The summed E-state index contributed by atoms with van der Waals surface area (Å²) in [6.07, 6.45) is 7.98. The van der Waals surface area contributed by atoms with Crippen LogP contribution in [-0.2, 0) is 4.79 Å². The summed E-state index contributed by atoms with van der Waals surface area (Å²) in [5, 5.41) is 9.59. The first-order valence-corrected chi connectivity index (χ1v) is 7.20. The highest BCUT2D eigenvalue weighted by atomic mass is 16.3. The first-order chi connectivity index (χ1) is 8.00. The molecule has 0 saturated heterocycles. The Kier molecular flexibility index (Phi) is 3.92. The van der Waals surface area contributed by atoms with Crippen LogP contribution in [0.2, 0.25) is 0 Å². The molecule has 2 saturated carbocycles. The van der Waals surface area contributed by atoms with E-state index in [0.717, 1.165) is 44.4 Å². The van der Waals surface area contributed by atoms with E-state index in [1.807, 2.05) is 0 Å². The van der Waals surface area contributed by atoms with E-state index in [2.05, 4.69) is 13.8 Å². The van der Waals surface area contributed by atoms with Gasteiger partial charge in [0.05, 0.1) is 6.10 Å². The first-order valence-electron chi connectivity index (χ1n) is 7.20. The molecule has 0 unspecified atom stereocenters. The van der Waals surface area contributed by atoms with Crippen LogP contribution in [0.4, 0.5) is 0 Å². The SMILES string of the molecule is CC(C)(C1CCC(=O)CC1)C1CCC(O)CC1. The van der Waals surface area contributed by atoms with Gasteiger partial charge in [0.2, 0.25) is 0 Å². The molecule has 0 aliphatic heterocycles. The summed E-state index contributed by atoms with van der Waals surface area (Å²) < 4.78 is 0. The van der Waals surface area contributed by atoms with E-state index in [4.69, 9.17) is 0 Å². The van der Waals surface area contributed by atoms with Gasteiger partial charge in [-0.25, -0.2) is 0 Å². The number of carbonyl (C=O) groups is 1. The number of Topliss-reactive ketones (excluding diaryl/α,β-unsaturated/α-hetero) is 1. The van der Waals surface area contributed by atoms with Crippen LogP contribution in [0.1, 0.15) is 65.2 Å². The van der Waals surface area contributed by atoms with Gasteiger partial charge in [-0.15, -0.1) is 0 Å². The number of aliphatic hydroxyl groups excluding tert-OH is 1. The second-order valence-electron chi connectivity index (χ2n) is 6.64. The average molecular weight is 238 g/mol. The molecular formula is C15H26O2. The van der Waals surface area contributed by atoms with Crippen molar-refractivity contribution in [1.82, 2.24) is 0 Å². The lowest BCUT2D eigenvalue weighted by molar-refractivity contribution is -0.122. The number of rotatable bonds is 2. The molecule has 98 valence electrons. The van der Waals surface area contributed by atoms with Gasteiger partial charge in [-0.05, 0) is 55.8 Å². The molecule has 2 aliphatic carbocycles. The van der Waals surface area contributed by atoms with Crippen molar-refractivity contribution in [2.24, 2.45) is 17.3 Å². The van der Waals surface area contributed by atoms with E-state index >= 15 is 0 Å². The molecule has 0 heterocycles. The van der Waals surface area contributed by atoms with Gasteiger partial charge in [0.15, 0.2) is 0 Å². The highest BCUT2D eigenvalue weighted by molar-refractivity contribution is 5.79. The van der Waals surface area contributed by atoms with Crippen molar-refractivity contribution in [3.05, 3.63) is 0 Å². The number of hydrogen-bond acceptors (Lipinski definition) is 2. The van der Waals surface area contributed by atoms with Crippen LogP contribution >= 0.6 is 0 Å². The molecule has 0 spiro atoms. The van der Waals surface area contributed by atoms with Crippen molar-refractivity contribution < 1.29 is 9.90 Å². The maximum atomic E-state index is 11.3. The number of ketones is 1. The Balaban J connectivity index is 1.95. The fourth-order valence-electron chi connectivity index (χ4n) is 3.84. The standard InChI is InChI=1S/C15H26O2/c1-15(2,11-3-7-13(16)8-4-11)12-5-9-14(17)10-6-12/h11-13,16H,3-10H2,1-2H3. The zero-order valence-corrected chi connectivity index (χ0v) is 11.2. The number of hydrogen-bond donors (Lipinski definition) is 1. The zero-order valence-electron chi connectivity index (χ0n) is 11.2. The van der Waals surface area contributed by atoms with Gasteiger partial charge in [-0.1, -0.05) is 13.8 Å². The van der Waals surface area contributed by atoms with Crippen LogP contribution in [0.15, 0.2) is 0 Å². The highest BCUT2D eigenvalue weighted by Gasteiger charge is 2.39. The Labute approximate surface area is 105 Å². The minimum Gasteiger partial charge on any atom is -0.393 e. The summed E-state index contributed by atoms with van der Waals surface area (Å²) in [6.45, 7) is 4.77. The Bertz CT molecular complexity index is 265. The number of carbonyl (C=O) groups excluding carboxylic acids is 1. The van der Waals surface area contributed by atoms with E-state index in [0.29, 0.717) is 17.1 Å². The van der Waals surface area contributed by atoms with Crippen LogP contribution in [0.5, 0.6) is 0 Å². The third-order valence-electron chi connectivity index (χ3n) is 5.34. The quantitative estimate of drug-likeness (QED) is 0.801. The van der Waals surface area contributed by atoms with Gasteiger partial charge >= 0.3 is 0 Å². The molecule has 1 N–H and O–H groups in total. The molecule has 2 heteroatoms. The van der Waals surface area contributed by atoms with Crippen molar-refractivity contribution in [3.63, 3.8) is 0 Å². The predicted octanol–water partition coefficient (Wildman–Crippen LogP) is 3.32. The Hall–Kier alpha value is -0.370. The summed E-state index contributed by atoms with van der Waals surface area (Å²) in [6, 6.07) is 0. The summed E-state index contributed by atoms with van der Waals surface area (Å²) in [5.41, 5.74) is 0.348. The molecule has 0 bridgehead atoms. The maximum absolute atomic E-state index is 11.3. The molecule has 0 amide bonds. The molecule has 2 nitrogen and oxygen atoms in total. The highest BCUT2D eigenvalue weighted by Crippen LogP contribution is 2.47. The molecular weight excluding hydrogens is 212 g/mol. The minimum absolute atomic E-state index is 0.0602. The van der Waals surface area contributed by atoms with E-state index < -0.39 is 0 Å². The molecule has 0 radical (unpaired) electrons. The molecule has 17 heavy (non-hydrogen) atoms. The summed E-state index contributed by atoms with van der Waals surface area (Å²) in [7, 11) is 0. The van der Waals surface area contributed by atoms with Crippen molar-refractivity contribution in [2.75, 3.05) is 0 Å². The lowest BCUT2D eigenvalue weighted by atomic mass is 9.60. The maximum Gasteiger partial charge on any atom is 0.132 e. The molecule has 0 aromatic heterocycles. The van der Waals surface area contributed by atoms with Gasteiger partial charge < -0.3 is 5.11 Å². The minimum atomic E-state index is -0.0602. The van der Waals surface area contributed by atoms with Crippen molar-refractivity contribution in [1.29, 1.82) is 0 Å². The van der Waals surface area contributed by atoms with Gasteiger partial charge in [0, 0.05) is 12.8 Å². The third kappa shape index (κ3) is 2.90. The Morgan fingerprint density at radius 3 is 1.94 bits per heavy atom. The fraction of sp³-hybridized carbons (Fsp3) is 0.933. The lowest BCUT2D eigenvalue weighted by Gasteiger charge is -2.45. The lowest BCUT2D eigenvalue weighted by Crippen LogP contribution is -2.37. The van der Waals surface area contributed by atoms with E-state index in [-0.39, 0.29) is 6.10 Å². The fourth-order valence-corrected chi connectivity index (χ4v) is 3.84. The smallest absolute Gasteiger partial charge is 0.132 e. The summed E-state index contributed by atoms with van der Waals surface area (Å²) >= 11 is 0. The van der Waals surface area contributed by atoms with E-state index in [1.165, 1.54) is 12.8 Å². The van der Waals surface area contributed by atoms with Crippen molar-refractivity contribution >= 4 is 5.78 Å². The normalized spacial score (nSPS) is 32.8. The van der Waals surface area contributed by atoms with Gasteiger partial charge in [0.25, 0.3) is 0 Å². The topological polar surface area (TPSA) is 37.3 Å². The third-order valence-corrected chi connectivity index (χ3v) is 5.34. The summed E-state index contributed by atoms with van der Waals surface area (Å²) in [4.78, 5) is 11.3. The number of aliphatic hydroxyl groups is 1. The molecule has 2 aliphatic rings. The van der Waals surface area contributed by atoms with Crippen LogP contribution in [-0.4, -0.2) is 17.0 Å². The predicted molar refractivity (Wildman–Crippen MR) is 68.7 cm³/mol. The largest absolute Gasteiger partial charge is 0.393 e. The van der Waals surface area contributed by atoms with Crippen LogP contribution in [0.3, 0.4) is 0 Å². The zero-order chi connectivity index (χ0) is 12.5. The average Bonchev–Trinajstić information content (AvgIpc) is 2.30. The van der Waals surface area contributed by atoms with Crippen LogP contribution < -0.4 is 0 Å². The van der Waals surface area contributed by atoms with Crippen LogP contribution in [0, 0.1) is 17.3 Å². The van der Waals surface area contributed by atoms with Gasteiger partial charge in [-0.3, -0.25) is 4.79 Å². The Morgan fingerprint density at radius 1 is 0.941 bits per heavy atom. The van der Waals surface area contributed by atoms with Crippen molar-refractivity contribution in [2.45, 2.75) is 71.3 Å². The molecule has 0 atom stereocenters. The van der Waals surface area contributed by atoms with Gasteiger partial charge in [0.1, 0.15) is 5.78 Å². The second-order valence-corrected chi connectivity index (χ2v) is 6.64. The molecule has 2 fully saturated rings. The Morgan fingerprint density at radius 2 is 1.41 bits per heavy atom.